The van der Waals surface area contributed by atoms with E-state index < -0.39 is 15.9 Å². The van der Waals surface area contributed by atoms with Crippen molar-refractivity contribution in [2.75, 3.05) is 7.05 Å². The van der Waals surface area contributed by atoms with Crippen LogP contribution in [0.5, 0.6) is 0 Å². The van der Waals surface area contributed by atoms with E-state index in [0.717, 1.165) is 16.6 Å². The van der Waals surface area contributed by atoms with Gasteiger partial charge in [0.25, 0.3) is 0 Å². The summed E-state index contributed by atoms with van der Waals surface area (Å²) in [7, 11) is -2.04. The molecule has 7 nitrogen and oxygen atoms in total. The molecule has 0 bridgehead atoms. The Morgan fingerprint density at radius 3 is 2.39 bits per heavy atom. The third-order valence-electron chi connectivity index (χ3n) is 2.29. The lowest BCUT2D eigenvalue weighted by molar-refractivity contribution is 0.203. The maximum Gasteiger partial charge on any atom is 0.354 e. The molecule has 1 fully saturated rings. The Kier molecular flexibility index (Phi) is 3.32. The van der Waals surface area contributed by atoms with Gasteiger partial charge in [-0.2, -0.15) is 0 Å². The number of sulfone groups is 1. The summed E-state index contributed by atoms with van der Waals surface area (Å²) in [4.78, 5) is 11.6. The van der Waals surface area contributed by atoms with Crippen LogP contribution in [0.3, 0.4) is 0 Å². The first kappa shape index (κ1) is 12.6. The lowest BCUT2D eigenvalue weighted by Crippen LogP contribution is -2.35. The van der Waals surface area contributed by atoms with Crippen LogP contribution in [0, 0.1) is 0 Å². The first-order valence-corrected chi connectivity index (χ1v) is 6.62. The Bertz CT molecular complexity index is 570. The molecule has 96 valence electrons. The van der Waals surface area contributed by atoms with Gasteiger partial charge in [0.15, 0.2) is 0 Å². The van der Waals surface area contributed by atoms with Gasteiger partial charge in [-0.25, -0.2) is 23.2 Å². The van der Waals surface area contributed by atoms with Crippen molar-refractivity contribution < 1.29 is 13.2 Å². The van der Waals surface area contributed by atoms with Gasteiger partial charge in [0.1, 0.15) is 0 Å². The number of carbonyl (C=O) groups is 1. The third kappa shape index (κ3) is 2.50. The second-order valence-corrected chi connectivity index (χ2v) is 5.41. The molecule has 0 saturated carbocycles. The summed E-state index contributed by atoms with van der Waals surface area (Å²) < 4.78 is 23.8. The zero-order valence-corrected chi connectivity index (χ0v) is 10.4. The van der Waals surface area contributed by atoms with E-state index in [2.05, 4.69) is 11.1 Å². The highest BCUT2D eigenvalue weighted by Gasteiger charge is 2.23. The van der Waals surface area contributed by atoms with Crippen molar-refractivity contribution in [1.82, 2.24) is 21.1 Å². The van der Waals surface area contributed by atoms with Crippen LogP contribution >= 0.6 is 0 Å². The molecule has 0 spiro atoms. The molecular formula is C10H12N4O3S. The first-order chi connectivity index (χ1) is 8.50. The second kappa shape index (κ2) is 4.77. The van der Waals surface area contributed by atoms with Gasteiger partial charge in [0.2, 0.25) is 9.84 Å². The van der Waals surface area contributed by atoms with E-state index in [1.165, 1.54) is 24.2 Å². The monoisotopic (exact) mass is 268 g/mol. The van der Waals surface area contributed by atoms with E-state index in [1.54, 1.807) is 18.2 Å². The molecule has 1 aromatic rings. The van der Waals surface area contributed by atoms with E-state index in [0.29, 0.717) is 0 Å². The molecule has 0 aliphatic carbocycles. The summed E-state index contributed by atoms with van der Waals surface area (Å²) in [6.45, 7) is 0. The van der Waals surface area contributed by atoms with Gasteiger partial charge in [0.05, 0.1) is 10.3 Å². The average Bonchev–Trinajstić information content (AvgIpc) is 2.69. The van der Waals surface area contributed by atoms with Gasteiger partial charge in [0, 0.05) is 13.2 Å². The van der Waals surface area contributed by atoms with Gasteiger partial charge < -0.3 is 0 Å². The molecule has 1 aliphatic rings. The Morgan fingerprint density at radius 2 is 1.83 bits per heavy atom. The molecule has 1 aromatic carbocycles. The minimum Gasteiger partial charge on any atom is -0.246 e. The summed E-state index contributed by atoms with van der Waals surface area (Å²) in [5, 5.41) is 3.17. The zero-order valence-electron chi connectivity index (χ0n) is 9.57. The van der Waals surface area contributed by atoms with Crippen molar-refractivity contribution in [3.05, 3.63) is 41.9 Å². The predicted octanol–water partition coefficient (Wildman–Crippen LogP) is 0.223. The Hall–Kier alpha value is -1.90. The molecule has 8 heteroatoms. The maximum atomic E-state index is 11.9. The molecule has 1 aliphatic heterocycles. The largest absolute Gasteiger partial charge is 0.354 e. The smallest absolute Gasteiger partial charge is 0.246 e. The Labute approximate surface area is 105 Å². The van der Waals surface area contributed by atoms with Crippen molar-refractivity contribution in [1.29, 1.82) is 0 Å². The van der Waals surface area contributed by atoms with Crippen LogP contribution in [0.4, 0.5) is 4.79 Å². The van der Waals surface area contributed by atoms with Gasteiger partial charge in [-0.3, -0.25) is 0 Å². The number of carbonyl (C=O) groups excluding carboxylic acids is 1. The number of urea groups is 1. The van der Waals surface area contributed by atoms with Gasteiger partial charge in [-0.1, -0.05) is 18.2 Å². The van der Waals surface area contributed by atoms with E-state index in [9.17, 15) is 13.2 Å². The number of hydrogen-bond donors (Lipinski definition) is 2. The van der Waals surface area contributed by atoms with Crippen molar-refractivity contribution >= 4 is 15.9 Å². The second-order valence-electron chi connectivity index (χ2n) is 3.58. The molecule has 18 heavy (non-hydrogen) atoms. The number of nitrogens with zero attached hydrogens (tertiary/aromatic N) is 2. The lowest BCUT2D eigenvalue weighted by atomic mass is 10.4. The molecule has 0 atom stereocenters. The fourth-order valence-electron chi connectivity index (χ4n) is 1.32. The normalized spacial score (nSPS) is 16.8. The summed E-state index contributed by atoms with van der Waals surface area (Å²) in [6, 6.07) is 7.57. The van der Waals surface area contributed by atoms with Crippen LogP contribution in [-0.4, -0.2) is 31.5 Å². The fraction of sp³-hybridized carbons (Fsp3) is 0.100. The highest BCUT2D eigenvalue weighted by atomic mass is 32.2. The van der Waals surface area contributed by atoms with Crippen LogP contribution in [-0.2, 0) is 9.84 Å². The van der Waals surface area contributed by atoms with Gasteiger partial charge in [-0.15, -0.1) is 11.1 Å². The summed E-state index contributed by atoms with van der Waals surface area (Å²) in [6.07, 6.45) is 1.15. The molecule has 0 aromatic heterocycles. The molecule has 0 unspecified atom stereocenters. The average molecular weight is 268 g/mol. The number of hydrogen-bond acceptors (Lipinski definition) is 5. The highest BCUT2D eigenvalue weighted by molar-refractivity contribution is 7.94. The van der Waals surface area contributed by atoms with Crippen molar-refractivity contribution in [3.8, 4) is 0 Å². The minimum atomic E-state index is -3.55. The highest BCUT2D eigenvalue weighted by Crippen LogP contribution is 2.11. The summed E-state index contributed by atoms with van der Waals surface area (Å²) >= 11 is 0. The van der Waals surface area contributed by atoms with Crippen molar-refractivity contribution in [3.63, 3.8) is 0 Å². The summed E-state index contributed by atoms with van der Waals surface area (Å²) in [5.41, 5.74) is 5.00. The number of benzene rings is 1. The SMILES string of the molecule is CN1NNN(/C=C/S(=O)(=O)c2ccccc2)C1=O. The molecule has 0 radical (unpaired) electrons. The fourth-order valence-corrected chi connectivity index (χ4v) is 2.29. The van der Waals surface area contributed by atoms with Crippen LogP contribution in [0.25, 0.3) is 0 Å². The quantitative estimate of drug-likeness (QED) is 0.819. The van der Waals surface area contributed by atoms with E-state index in [4.69, 9.17) is 0 Å². The number of hydrazine groups is 3. The topological polar surface area (TPSA) is 81.8 Å². The number of nitrogens with one attached hydrogen (secondary N) is 2. The van der Waals surface area contributed by atoms with E-state index in [1.807, 2.05) is 0 Å². The van der Waals surface area contributed by atoms with Crippen LogP contribution in [0.15, 0.2) is 46.8 Å². The lowest BCUT2D eigenvalue weighted by Gasteiger charge is -2.06. The van der Waals surface area contributed by atoms with Crippen LogP contribution < -0.4 is 11.1 Å². The van der Waals surface area contributed by atoms with Crippen molar-refractivity contribution in [2.24, 2.45) is 0 Å². The van der Waals surface area contributed by atoms with E-state index in [-0.39, 0.29) is 4.90 Å². The molecule has 2 rings (SSSR count). The molecule has 2 N–H and O–H groups in total. The Balaban J connectivity index is 2.17. The zero-order chi connectivity index (χ0) is 13.2. The predicted molar refractivity (Wildman–Crippen MR) is 64.0 cm³/mol. The van der Waals surface area contributed by atoms with Crippen LogP contribution in [0.2, 0.25) is 0 Å². The minimum absolute atomic E-state index is 0.175. The maximum absolute atomic E-state index is 11.9. The number of amides is 2. The molecule has 1 saturated heterocycles. The van der Waals surface area contributed by atoms with Gasteiger partial charge in [-0.05, 0) is 12.1 Å². The van der Waals surface area contributed by atoms with E-state index >= 15 is 0 Å². The third-order valence-corrected chi connectivity index (χ3v) is 3.70. The van der Waals surface area contributed by atoms with Crippen molar-refractivity contribution in [2.45, 2.75) is 4.90 Å². The van der Waals surface area contributed by atoms with Gasteiger partial charge >= 0.3 is 6.03 Å². The van der Waals surface area contributed by atoms with Crippen LogP contribution in [0.1, 0.15) is 0 Å². The first-order valence-electron chi connectivity index (χ1n) is 5.07. The number of rotatable bonds is 3. The molecule has 1 heterocycles. The Morgan fingerprint density at radius 1 is 1.17 bits per heavy atom. The standard InChI is InChI=1S/C10H12N4O3S/c1-13-10(15)14(12-11-13)7-8-18(16,17)9-5-3-2-4-6-9/h2-8,11-12H,1H3/b8-7+. The summed E-state index contributed by atoms with van der Waals surface area (Å²) in [5.74, 6) is 0. The molecule has 2 amide bonds. The molecular weight excluding hydrogens is 256 g/mol.